The highest BCUT2D eigenvalue weighted by Gasteiger charge is 2.30. The summed E-state index contributed by atoms with van der Waals surface area (Å²) >= 11 is 3.50. The van der Waals surface area contributed by atoms with Crippen molar-refractivity contribution in [3.63, 3.8) is 0 Å². The Kier molecular flexibility index (Phi) is 3.61. The summed E-state index contributed by atoms with van der Waals surface area (Å²) in [6.07, 6.45) is 4.47. The van der Waals surface area contributed by atoms with Gasteiger partial charge >= 0.3 is 0 Å². The molecule has 96 valence electrons. The zero-order valence-corrected chi connectivity index (χ0v) is 12.3. The van der Waals surface area contributed by atoms with Crippen LogP contribution in [-0.4, -0.2) is 28.8 Å². The first-order chi connectivity index (χ1) is 7.90. The van der Waals surface area contributed by atoms with Crippen molar-refractivity contribution < 1.29 is 8.42 Å². The van der Waals surface area contributed by atoms with E-state index in [0.717, 1.165) is 19.3 Å². The molecule has 0 radical (unpaired) electrons. The van der Waals surface area contributed by atoms with Crippen LogP contribution < -0.4 is 4.72 Å². The normalized spacial score (nSPS) is 25.4. The number of rotatable bonds is 3. The summed E-state index contributed by atoms with van der Waals surface area (Å²) in [6, 6.07) is -0.0256. The van der Waals surface area contributed by atoms with Crippen molar-refractivity contribution in [2.75, 3.05) is 0 Å². The van der Waals surface area contributed by atoms with Gasteiger partial charge in [-0.05, 0) is 19.8 Å². The minimum atomic E-state index is -3.49. The lowest BCUT2D eigenvalue weighted by Crippen LogP contribution is -2.37. The second kappa shape index (κ2) is 4.70. The molecule has 1 saturated carbocycles. The summed E-state index contributed by atoms with van der Waals surface area (Å²) < 4.78 is 28.6. The van der Waals surface area contributed by atoms with Crippen molar-refractivity contribution in [1.82, 2.24) is 14.3 Å². The minimum Gasteiger partial charge on any atom is -0.337 e. The van der Waals surface area contributed by atoms with E-state index in [9.17, 15) is 8.42 Å². The fourth-order valence-electron chi connectivity index (χ4n) is 1.96. The van der Waals surface area contributed by atoms with E-state index in [1.165, 1.54) is 6.20 Å². The van der Waals surface area contributed by atoms with Crippen LogP contribution >= 0.6 is 15.9 Å². The van der Waals surface area contributed by atoms with Crippen molar-refractivity contribution in [3.8, 4) is 0 Å². The lowest BCUT2D eigenvalue weighted by Gasteiger charge is -2.14. The Morgan fingerprint density at radius 1 is 1.53 bits per heavy atom. The number of hydrogen-bond acceptors (Lipinski definition) is 3. The molecule has 2 rings (SSSR count). The van der Waals surface area contributed by atoms with E-state index in [0.29, 0.717) is 5.82 Å². The van der Waals surface area contributed by atoms with E-state index in [-0.39, 0.29) is 15.9 Å². The first-order valence-corrected chi connectivity index (χ1v) is 7.96. The predicted octanol–water partition coefficient (Wildman–Crippen LogP) is 1.32. The third-order valence-corrected chi connectivity index (χ3v) is 5.56. The number of nitrogens with one attached hydrogen (secondary N) is 1. The largest absolute Gasteiger partial charge is 0.337 e. The lowest BCUT2D eigenvalue weighted by atomic mass is 10.3. The van der Waals surface area contributed by atoms with E-state index in [2.05, 4.69) is 25.6 Å². The van der Waals surface area contributed by atoms with E-state index in [1.54, 1.807) is 18.5 Å². The van der Waals surface area contributed by atoms with Crippen LogP contribution in [0.15, 0.2) is 11.2 Å². The topological polar surface area (TPSA) is 64.0 Å². The van der Waals surface area contributed by atoms with Gasteiger partial charge in [-0.1, -0.05) is 22.4 Å². The third-order valence-electron chi connectivity index (χ3n) is 3.10. The van der Waals surface area contributed by atoms with Crippen molar-refractivity contribution in [3.05, 3.63) is 12.0 Å². The molecule has 1 heterocycles. The number of aryl methyl sites for hydroxylation is 2. The van der Waals surface area contributed by atoms with Crippen LogP contribution in [0, 0.1) is 6.92 Å². The molecule has 0 bridgehead atoms. The molecule has 0 spiro atoms. The first-order valence-electron chi connectivity index (χ1n) is 5.56. The molecule has 0 saturated heterocycles. The van der Waals surface area contributed by atoms with Crippen molar-refractivity contribution in [2.24, 2.45) is 7.05 Å². The Balaban J connectivity index is 2.19. The molecular formula is C10H16BrN3O2S. The van der Waals surface area contributed by atoms with Gasteiger partial charge in [-0.3, -0.25) is 0 Å². The smallest absolute Gasteiger partial charge is 0.259 e. The van der Waals surface area contributed by atoms with Gasteiger partial charge in [0.15, 0.2) is 5.03 Å². The van der Waals surface area contributed by atoms with Gasteiger partial charge in [0.25, 0.3) is 10.0 Å². The van der Waals surface area contributed by atoms with Gasteiger partial charge in [-0.15, -0.1) is 0 Å². The fraction of sp³-hybridized carbons (Fsp3) is 0.700. The van der Waals surface area contributed by atoms with Crippen molar-refractivity contribution >= 4 is 26.0 Å². The number of halogens is 1. The molecule has 1 N–H and O–H groups in total. The van der Waals surface area contributed by atoms with Crippen LogP contribution in [-0.2, 0) is 17.1 Å². The zero-order chi connectivity index (χ0) is 12.6. The van der Waals surface area contributed by atoms with Gasteiger partial charge in [0.05, 0.1) is 0 Å². The predicted molar refractivity (Wildman–Crippen MR) is 68.6 cm³/mol. The maximum atomic E-state index is 12.1. The van der Waals surface area contributed by atoms with E-state index in [1.807, 2.05) is 0 Å². The summed E-state index contributed by atoms with van der Waals surface area (Å²) in [5.74, 6) is 0.687. The Labute approximate surface area is 110 Å². The molecule has 1 aliphatic rings. The van der Waals surface area contributed by atoms with E-state index >= 15 is 0 Å². The molecule has 0 amide bonds. The highest BCUT2D eigenvalue weighted by Crippen LogP contribution is 2.26. The average molecular weight is 322 g/mol. The molecule has 1 fully saturated rings. The van der Waals surface area contributed by atoms with E-state index < -0.39 is 10.0 Å². The van der Waals surface area contributed by atoms with Gasteiger partial charge in [-0.2, -0.15) is 0 Å². The van der Waals surface area contributed by atoms with Crippen LogP contribution in [0.5, 0.6) is 0 Å². The lowest BCUT2D eigenvalue weighted by molar-refractivity contribution is 0.553. The SMILES string of the molecule is Cc1nc(S(=O)(=O)NC2CCCC2Br)cn1C. The van der Waals surface area contributed by atoms with Gasteiger partial charge in [0.1, 0.15) is 5.82 Å². The van der Waals surface area contributed by atoms with Crippen LogP contribution in [0.3, 0.4) is 0 Å². The van der Waals surface area contributed by atoms with Crippen LogP contribution in [0.25, 0.3) is 0 Å². The number of alkyl halides is 1. The number of imidazole rings is 1. The Bertz CT molecular complexity index is 492. The quantitative estimate of drug-likeness (QED) is 0.854. The minimum absolute atomic E-state index is 0.0256. The molecule has 1 aromatic rings. The Morgan fingerprint density at radius 3 is 2.71 bits per heavy atom. The number of sulfonamides is 1. The van der Waals surface area contributed by atoms with Crippen LogP contribution in [0.1, 0.15) is 25.1 Å². The maximum absolute atomic E-state index is 12.1. The first kappa shape index (κ1) is 13.0. The summed E-state index contributed by atoms with van der Waals surface area (Å²) in [7, 11) is -1.71. The Morgan fingerprint density at radius 2 is 2.24 bits per heavy atom. The maximum Gasteiger partial charge on any atom is 0.259 e. The second-order valence-corrected chi connectivity index (χ2v) is 7.25. The van der Waals surface area contributed by atoms with E-state index in [4.69, 9.17) is 0 Å². The highest BCUT2D eigenvalue weighted by molar-refractivity contribution is 9.09. The summed E-state index contributed by atoms with van der Waals surface area (Å²) in [4.78, 5) is 4.27. The molecule has 1 aliphatic carbocycles. The summed E-state index contributed by atoms with van der Waals surface area (Å²) in [5.41, 5.74) is 0. The van der Waals surface area contributed by atoms with Crippen molar-refractivity contribution in [1.29, 1.82) is 0 Å². The molecule has 5 nitrogen and oxygen atoms in total. The van der Waals surface area contributed by atoms with Crippen molar-refractivity contribution in [2.45, 2.75) is 42.1 Å². The Hall–Kier alpha value is -0.400. The van der Waals surface area contributed by atoms with Gasteiger partial charge in [0.2, 0.25) is 0 Å². The van der Waals surface area contributed by atoms with Gasteiger partial charge in [0, 0.05) is 24.1 Å². The average Bonchev–Trinajstić information content (AvgIpc) is 2.76. The fourth-order valence-corrected chi connectivity index (χ4v) is 4.21. The third kappa shape index (κ3) is 2.71. The molecule has 7 heteroatoms. The van der Waals surface area contributed by atoms with Gasteiger partial charge in [-0.25, -0.2) is 18.1 Å². The van der Waals surface area contributed by atoms with Crippen LogP contribution in [0.2, 0.25) is 0 Å². The standard InChI is InChI=1S/C10H16BrN3O2S/c1-7-12-10(6-14(7)2)17(15,16)13-9-5-3-4-8(9)11/h6,8-9,13H,3-5H2,1-2H3. The zero-order valence-electron chi connectivity index (χ0n) is 9.85. The monoisotopic (exact) mass is 321 g/mol. The molecule has 0 aliphatic heterocycles. The summed E-state index contributed by atoms with van der Waals surface area (Å²) in [6.45, 7) is 1.78. The molecule has 2 atom stereocenters. The van der Waals surface area contributed by atoms with Gasteiger partial charge < -0.3 is 4.57 Å². The molecule has 0 aromatic carbocycles. The number of aromatic nitrogens is 2. The molecule has 2 unspecified atom stereocenters. The summed E-state index contributed by atoms with van der Waals surface area (Å²) in [5, 5.41) is 0.101. The van der Waals surface area contributed by atoms with Crippen LogP contribution in [0.4, 0.5) is 0 Å². The second-order valence-electron chi connectivity index (χ2n) is 4.41. The highest BCUT2D eigenvalue weighted by atomic mass is 79.9. The number of hydrogen-bond donors (Lipinski definition) is 1. The molecule has 17 heavy (non-hydrogen) atoms. The molecule has 1 aromatic heterocycles. The molecular weight excluding hydrogens is 306 g/mol. The number of nitrogens with zero attached hydrogens (tertiary/aromatic N) is 2.